The predicted octanol–water partition coefficient (Wildman–Crippen LogP) is 4.41. The molecule has 4 aromatic rings. The Labute approximate surface area is 193 Å². The molecule has 0 radical (unpaired) electrons. The van der Waals surface area contributed by atoms with E-state index >= 15 is 0 Å². The zero-order valence-electron chi connectivity index (χ0n) is 19.4. The first kappa shape index (κ1) is 21.7. The molecule has 2 aromatic heterocycles. The Hall–Kier alpha value is -3.15. The molecule has 0 saturated carbocycles. The van der Waals surface area contributed by atoms with Crippen molar-refractivity contribution in [2.75, 3.05) is 39.3 Å². The second-order valence-corrected chi connectivity index (χ2v) is 12.1. The van der Waals surface area contributed by atoms with Gasteiger partial charge in [-0.1, -0.05) is 12.1 Å². The summed E-state index contributed by atoms with van der Waals surface area (Å²) in [6.07, 6.45) is 4.77. The van der Waals surface area contributed by atoms with Gasteiger partial charge in [-0.15, -0.1) is 0 Å². The van der Waals surface area contributed by atoms with Crippen LogP contribution in [0.1, 0.15) is 11.1 Å². The van der Waals surface area contributed by atoms with Gasteiger partial charge < -0.3 is 24.1 Å². The zero-order chi connectivity index (χ0) is 23.2. The number of hydrogen-bond donors (Lipinski definition) is 1. The quantitative estimate of drug-likeness (QED) is 0.444. The van der Waals surface area contributed by atoms with Gasteiger partial charge >= 0.3 is 0 Å². The second kappa shape index (κ2) is 8.32. The van der Waals surface area contributed by atoms with Crippen LogP contribution in [0.4, 0.5) is 11.6 Å². The molecule has 3 heterocycles. The summed E-state index contributed by atoms with van der Waals surface area (Å²) in [5.41, 5.74) is 5.08. The highest BCUT2D eigenvalue weighted by atomic mass is 31.2. The Morgan fingerprint density at radius 1 is 1.12 bits per heavy atom. The average molecular weight is 462 g/mol. The van der Waals surface area contributed by atoms with E-state index in [1.165, 1.54) is 11.1 Å². The van der Waals surface area contributed by atoms with Gasteiger partial charge in [0.25, 0.3) is 0 Å². The van der Waals surface area contributed by atoms with Crippen molar-refractivity contribution in [3.8, 4) is 11.4 Å². The molecule has 0 amide bonds. The summed E-state index contributed by atoms with van der Waals surface area (Å²) in [7, 11) is 1.35. The van der Waals surface area contributed by atoms with Gasteiger partial charge in [0.05, 0.1) is 18.5 Å². The number of ether oxygens (including phenoxy) is 1. The van der Waals surface area contributed by atoms with Crippen LogP contribution in [0.2, 0.25) is 0 Å². The topological polar surface area (TPSA) is 72.3 Å². The lowest BCUT2D eigenvalue weighted by Crippen LogP contribution is -2.26. The maximum absolute atomic E-state index is 12.9. The fraction of sp³-hybridized carbons (Fsp3) is 0.280. The average Bonchev–Trinajstić information content (AvgIpc) is 3.21. The molecule has 0 atom stereocenters. The Balaban J connectivity index is 1.56. The third kappa shape index (κ3) is 4.14. The van der Waals surface area contributed by atoms with E-state index in [1.54, 1.807) is 26.6 Å². The van der Waals surface area contributed by atoms with Crippen molar-refractivity contribution in [3.63, 3.8) is 0 Å². The first-order valence-electron chi connectivity index (χ1n) is 11.0. The van der Waals surface area contributed by atoms with Gasteiger partial charge in [0.15, 0.2) is 0 Å². The molecule has 0 spiro atoms. The molecular formula is C25H28N5O2P. The first-order valence-corrected chi connectivity index (χ1v) is 13.6. The summed E-state index contributed by atoms with van der Waals surface area (Å²) in [5.74, 6) is 1.26. The number of nitrogens with zero attached hydrogens (tertiary/aromatic N) is 4. The Kier molecular flexibility index (Phi) is 5.47. The number of methoxy groups -OCH3 is 1. The van der Waals surface area contributed by atoms with Gasteiger partial charge in [-0.05, 0) is 68.3 Å². The van der Waals surface area contributed by atoms with Crippen LogP contribution in [-0.2, 0) is 17.5 Å². The van der Waals surface area contributed by atoms with Crippen molar-refractivity contribution >= 4 is 35.1 Å². The normalized spacial score (nSPS) is 14.3. The molecular weight excluding hydrogens is 433 g/mol. The number of nitrogens with one attached hydrogen (secondary N) is 1. The summed E-state index contributed by atoms with van der Waals surface area (Å²) >= 11 is 0. The van der Waals surface area contributed by atoms with Gasteiger partial charge in [-0.2, -0.15) is 4.98 Å². The largest absolute Gasteiger partial charge is 0.495 e. The molecule has 1 N–H and O–H groups in total. The van der Waals surface area contributed by atoms with Crippen molar-refractivity contribution < 1.29 is 9.30 Å². The number of benzene rings is 2. The zero-order valence-corrected chi connectivity index (χ0v) is 20.3. The lowest BCUT2D eigenvalue weighted by atomic mass is 9.99. The minimum Gasteiger partial charge on any atom is -0.495 e. The van der Waals surface area contributed by atoms with Crippen LogP contribution in [0.3, 0.4) is 0 Å². The second-order valence-electron chi connectivity index (χ2n) is 8.93. The number of aromatic nitrogens is 3. The van der Waals surface area contributed by atoms with Gasteiger partial charge in [0.1, 0.15) is 18.5 Å². The number of likely N-dealkylation sites (N-methyl/N-ethyl adjacent to an activating group) is 1. The van der Waals surface area contributed by atoms with Crippen molar-refractivity contribution in [1.82, 2.24) is 19.4 Å². The Morgan fingerprint density at radius 2 is 1.94 bits per heavy atom. The minimum absolute atomic E-state index is 0.485. The Morgan fingerprint density at radius 3 is 2.73 bits per heavy atom. The molecule has 1 aliphatic heterocycles. The maximum atomic E-state index is 12.9. The van der Waals surface area contributed by atoms with Crippen molar-refractivity contribution in [3.05, 3.63) is 66.0 Å². The van der Waals surface area contributed by atoms with Crippen LogP contribution in [-0.4, -0.2) is 53.5 Å². The fourth-order valence-electron chi connectivity index (χ4n) is 4.41. The van der Waals surface area contributed by atoms with Gasteiger partial charge in [-0.25, -0.2) is 4.98 Å². The van der Waals surface area contributed by atoms with Crippen LogP contribution in [0.25, 0.3) is 16.7 Å². The van der Waals surface area contributed by atoms with E-state index < -0.39 is 7.14 Å². The molecule has 2 aromatic carbocycles. The van der Waals surface area contributed by atoms with Crippen LogP contribution in [0.15, 0.2) is 54.9 Å². The highest BCUT2D eigenvalue weighted by molar-refractivity contribution is 7.70. The number of para-hydroxylation sites is 1. The summed E-state index contributed by atoms with van der Waals surface area (Å²) in [5, 5.41) is 5.10. The molecule has 0 aliphatic carbocycles. The van der Waals surface area contributed by atoms with E-state index in [9.17, 15) is 4.57 Å². The van der Waals surface area contributed by atoms with E-state index in [0.29, 0.717) is 5.95 Å². The number of anilines is 2. The first-order chi connectivity index (χ1) is 15.8. The molecule has 8 heteroatoms. The van der Waals surface area contributed by atoms with Gasteiger partial charge in [0.2, 0.25) is 5.95 Å². The standard InChI is InChI=1S/C25H28N5O2P/c1-29-11-9-17-14-22(32-2)20(13-19(17)16-29)27-25-26-15-18-10-12-30(24(18)28-25)21-7-5-6-8-23(21)33(3,4)31/h5-8,10,12-15H,9,11,16H2,1-4H3,(H,26,27,28). The summed E-state index contributed by atoms with van der Waals surface area (Å²) in [4.78, 5) is 11.7. The molecule has 7 nitrogen and oxygen atoms in total. The molecule has 0 saturated heterocycles. The molecule has 0 bridgehead atoms. The van der Waals surface area contributed by atoms with Crippen molar-refractivity contribution in [2.45, 2.75) is 13.0 Å². The number of fused-ring (bicyclic) bond motifs is 2. The van der Waals surface area contributed by atoms with E-state index in [-0.39, 0.29) is 0 Å². The summed E-state index contributed by atoms with van der Waals surface area (Å²) in [6.45, 7) is 5.53. The fourth-order valence-corrected chi connectivity index (χ4v) is 5.59. The summed E-state index contributed by atoms with van der Waals surface area (Å²) in [6, 6.07) is 14.0. The molecule has 1 aliphatic rings. The number of rotatable bonds is 5. The lowest BCUT2D eigenvalue weighted by molar-refractivity contribution is 0.312. The van der Waals surface area contributed by atoms with E-state index in [2.05, 4.69) is 34.4 Å². The monoisotopic (exact) mass is 461 g/mol. The van der Waals surface area contributed by atoms with Crippen molar-refractivity contribution in [1.29, 1.82) is 0 Å². The molecule has 33 heavy (non-hydrogen) atoms. The SMILES string of the molecule is COc1cc2c(cc1Nc1ncc3ccn(-c4ccccc4P(C)(C)=O)c3n1)CN(C)CC2. The van der Waals surface area contributed by atoms with Crippen molar-refractivity contribution in [2.24, 2.45) is 0 Å². The maximum Gasteiger partial charge on any atom is 0.229 e. The van der Waals surface area contributed by atoms with Crippen LogP contribution < -0.4 is 15.4 Å². The predicted molar refractivity (Wildman–Crippen MR) is 134 cm³/mol. The van der Waals surface area contributed by atoms with Crippen LogP contribution >= 0.6 is 7.14 Å². The third-order valence-corrected chi connectivity index (χ3v) is 7.66. The molecule has 0 fully saturated rings. The van der Waals surface area contributed by atoms with Crippen LogP contribution in [0.5, 0.6) is 5.75 Å². The smallest absolute Gasteiger partial charge is 0.229 e. The van der Waals surface area contributed by atoms with Gasteiger partial charge in [-0.3, -0.25) is 0 Å². The van der Waals surface area contributed by atoms with E-state index in [1.807, 2.05) is 41.1 Å². The van der Waals surface area contributed by atoms with E-state index in [0.717, 1.165) is 53.0 Å². The summed E-state index contributed by atoms with van der Waals surface area (Å²) < 4.78 is 20.6. The third-order valence-electron chi connectivity index (χ3n) is 6.12. The molecule has 5 rings (SSSR count). The van der Waals surface area contributed by atoms with E-state index in [4.69, 9.17) is 9.72 Å². The highest BCUT2D eigenvalue weighted by Gasteiger charge is 2.20. The van der Waals surface area contributed by atoms with Crippen LogP contribution in [0, 0.1) is 0 Å². The highest BCUT2D eigenvalue weighted by Crippen LogP contribution is 2.38. The minimum atomic E-state index is -2.47. The van der Waals surface area contributed by atoms with Gasteiger partial charge in [0, 0.05) is 36.2 Å². The molecule has 170 valence electrons. The lowest BCUT2D eigenvalue weighted by Gasteiger charge is -2.26. The Bertz CT molecular complexity index is 1390. The molecule has 0 unspecified atom stereocenters. The number of hydrogen-bond acceptors (Lipinski definition) is 6.